The van der Waals surface area contributed by atoms with Crippen molar-refractivity contribution in [2.75, 3.05) is 7.11 Å². The summed E-state index contributed by atoms with van der Waals surface area (Å²) in [4.78, 5) is 27.5. The molecule has 3 heterocycles. The molecule has 21 heavy (non-hydrogen) atoms. The predicted octanol–water partition coefficient (Wildman–Crippen LogP) is 1.89. The average molecular weight is 290 g/mol. The van der Waals surface area contributed by atoms with Crippen LogP contribution in [0.5, 0.6) is 0 Å². The van der Waals surface area contributed by atoms with Gasteiger partial charge in [0.1, 0.15) is 0 Å². The summed E-state index contributed by atoms with van der Waals surface area (Å²) in [7, 11) is 1.30. The molecule has 7 heteroatoms. The lowest BCUT2D eigenvalue weighted by atomic mass is 9.94. The number of rotatable bonds is 3. The van der Waals surface area contributed by atoms with Gasteiger partial charge in [0, 0.05) is 6.54 Å². The highest BCUT2D eigenvalue weighted by Gasteiger charge is 2.36. The molecule has 1 aliphatic rings. The Morgan fingerprint density at radius 2 is 2.33 bits per heavy atom. The molecule has 0 aliphatic carbocycles. The van der Waals surface area contributed by atoms with E-state index in [9.17, 15) is 14.7 Å². The van der Waals surface area contributed by atoms with Crippen molar-refractivity contribution in [3.63, 3.8) is 0 Å². The Labute approximate surface area is 120 Å². The number of esters is 1. The monoisotopic (exact) mass is 290 g/mol. The van der Waals surface area contributed by atoms with Gasteiger partial charge in [0.2, 0.25) is 0 Å². The van der Waals surface area contributed by atoms with Gasteiger partial charge >= 0.3 is 11.9 Å². The first kappa shape index (κ1) is 13.4. The first-order valence-corrected chi connectivity index (χ1v) is 6.59. The van der Waals surface area contributed by atoms with Gasteiger partial charge in [0.25, 0.3) is 0 Å². The Balaban J connectivity index is 2.20. The van der Waals surface area contributed by atoms with E-state index in [2.05, 4.69) is 4.98 Å². The van der Waals surface area contributed by atoms with Crippen LogP contribution in [-0.2, 0) is 16.1 Å². The zero-order valence-corrected chi connectivity index (χ0v) is 11.4. The van der Waals surface area contributed by atoms with Gasteiger partial charge in [-0.25, -0.2) is 9.78 Å². The van der Waals surface area contributed by atoms with E-state index in [1.807, 2.05) is 0 Å². The number of hydrogen-bond acceptors (Lipinski definition) is 5. The summed E-state index contributed by atoms with van der Waals surface area (Å²) < 4.78 is 11.8. The number of aromatic carboxylic acids is 1. The average Bonchev–Trinajstić information content (AvgIpc) is 3.12. The number of methoxy groups -OCH3 is 1. The summed E-state index contributed by atoms with van der Waals surface area (Å²) in [6, 6.07) is 3.42. The highest BCUT2D eigenvalue weighted by atomic mass is 16.5. The van der Waals surface area contributed by atoms with E-state index < -0.39 is 17.9 Å². The molecule has 110 valence electrons. The zero-order valence-electron chi connectivity index (χ0n) is 11.4. The van der Waals surface area contributed by atoms with Crippen LogP contribution in [-0.4, -0.2) is 33.7 Å². The number of imidazole rings is 1. The lowest BCUT2D eigenvalue weighted by molar-refractivity contribution is -0.143. The quantitative estimate of drug-likeness (QED) is 0.867. The number of carboxylic acid groups (broad SMARTS) is 1. The van der Waals surface area contributed by atoms with E-state index in [1.54, 1.807) is 16.7 Å². The van der Waals surface area contributed by atoms with Crippen molar-refractivity contribution in [1.29, 1.82) is 0 Å². The van der Waals surface area contributed by atoms with E-state index in [0.29, 0.717) is 30.2 Å². The molecule has 1 unspecified atom stereocenters. The Bertz CT molecular complexity index is 687. The lowest BCUT2D eigenvalue weighted by Gasteiger charge is -2.23. The molecule has 1 atom stereocenters. The number of hydrogen-bond donors (Lipinski definition) is 1. The van der Waals surface area contributed by atoms with Gasteiger partial charge in [0.15, 0.2) is 17.3 Å². The van der Waals surface area contributed by atoms with E-state index in [1.165, 1.54) is 13.4 Å². The number of aromatic nitrogens is 2. The molecular formula is C14H14N2O5. The van der Waals surface area contributed by atoms with Gasteiger partial charge in [-0.1, -0.05) is 0 Å². The topological polar surface area (TPSA) is 94.6 Å². The molecule has 0 saturated carbocycles. The molecule has 0 saturated heterocycles. The predicted molar refractivity (Wildman–Crippen MR) is 70.9 cm³/mol. The molecule has 3 rings (SSSR count). The first-order chi connectivity index (χ1) is 10.1. The van der Waals surface area contributed by atoms with Crippen LogP contribution < -0.4 is 0 Å². The van der Waals surface area contributed by atoms with Gasteiger partial charge < -0.3 is 18.8 Å². The van der Waals surface area contributed by atoms with Crippen LogP contribution in [0.25, 0.3) is 11.6 Å². The smallest absolute Gasteiger partial charge is 0.356 e. The third-order valence-electron chi connectivity index (χ3n) is 3.64. The molecule has 0 spiro atoms. The highest BCUT2D eigenvalue weighted by Crippen LogP contribution is 2.35. The van der Waals surface area contributed by atoms with Gasteiger partial charge in [-0.15, -0.1) is 0 Å². The van der Waals surface area contributed by atoms with Crippen molar-refractivity contribution >= 4 is 11.9 Å². The molecular weight excluding hydrogens is 276 g/mol. The largest absolute Gasteiger partial charge is 0.476 e. The molecule has 2 aromatic rings. The van der Waals surface area contributed by atoms with Gasteiger partial charge in [-0.05, 0) is 25.0 Å². The van der Waals surface area contributed by atoms with Crippen LogP contribution in [0.1, 0.15) is 34.9 Å². The second-order valence-corrected chi connectivity index (χ2v) is 4.82. The van der Waals surface area contributed by atoms with Crippen LogP contribution in [0, 0.1) is 0 Å². The molecule has 0 radical (unpaired) electrons. The van der Waals surface area contributed by atoms with E-state index in [-0.39, 0.29) is 5.69 Å². The Morgan fingerprint density at radius 3 is 2.95 bits per heavy atom. The summed E-state index contributed by atoms with van der Waals surface area (Å²) in [5.41, 5.74) is 0.281. The van der Waals surface area contributed by atoms with Gasteiger partial charge in [0.05, 0.1) is 25.0 Å². The Hall–Kier alpha value is -2.57. The second-order valence-electron chi connectivity index (χ2n) is 4.82. The minimum Gasteiger partial charge on any atom is -0.476 e. The van der Waals surface area contributed by atoms with Crippen molar-refractivity contribution in [3.8, 4) is 11.6 Å². The number of carbonyl (C=O) groups is 2. The summed E-state index contributed by atoms with van der Waals surface area (Å²) >= 11 is 0. The molecule has 0 aromatic carbocycles. The standard InChI is InChI=1S/C14H14N2O5/c1-20-14(19)8-4-2-6-16-11(8)10(13(17)18)15-12(16)9-5-3-7-21-9/h3,5,7-8H,2,4,6H2,1H3,(H,17,18). The number of fused-ring (bicyclic) bond motifs is 1. The fourth-order valence-corrected chi connectivity index (χ4v) is 2.76. The van der Waals surface area contributed by atoms with Gasteiger partial charge in [-0.2, -0.15) is 0 Å². The van der Waals surface area contributed by atoms with Crippen LogP contribution in [0.3, 0.4) is 0 Å². The Kier molecular flexibility index (Phi) is 3.25. The molecule has 0 bridgehead atoms. The van der Waals surface area contributed by atoms with Crippen molar-refractivity contribution < 1.29 is 23.8 Å². The molecule has 0 amide bonds. The SMILES string of the molecule is COC(=O)C1CCCn2c(-c3ccco3)nc(C(=O)O)c21. The first-order valence-electron chi connectivity index (χ1n) is 6.59. The highest BCUT2D eigenvalue weighted by molar-refractivity contribution is 5.91. The lowest BCUT2D eigenvalue weighted by Crippen LogP contribution is -2.25. The molecule has 0 fully saturated rings. The maximum Gasteiger partial charge on any atom is 0.356 e. The molecule has 7 nitrogen and oxygen atoms in total. The fourth-order valence-electron chi connectivity index (χ4n) is 2.76. The van der Waals surface area contributed by atoms with E-state index in [0.717, 1.165) is 6.42 Å². The number of ether oxygens (including phenoxy) is 1. The normalized spacial score (nSPS) is 17.3. The number of carbonyl (C=O) groups excluding carboxylic acids is 1. The maximum absolute atomic E-state index is 11.9. The number of furan rings is 1. The summed E-state index contributed by atoms with van der Waals surface area (Å²) in [5, 5.41) is 9.37. The second kappa shape index (κ2) is 5.08. The van der Waals surface area contributed by atoms with Gasteiger partial charge in [-0.3, -0.25) is 4.79 Å². The number of carboxylic acids is 1. The molecule has 1 N–H and O–H groups in total. The maximum atomic E-state index is 11.9. The Morgan fingerprint density at radius 1 is 1.52 bits per heavy atom. The van der Waals surface area contributed by atoms with Crippen LogP contribution in [0.2, 0.25) is 0 Å². The third-order valence-corrected chi connectivity index (χ3v) is 3.64. The van der Waals surface area contributed by atoms with Crippen LogP contribution in [0.4, 0.5) is 0 Å². The summed E-state index contributed by atoms with van der Waals surface area (Å²) in [5.74, 6) is -1.29. The number of nitrogens with zero attached hydrogens (tertiary/aromatic N) is 2. The van der Waals surface area contributed by atoms with Crippen LogP contribution >= 0.6 is 0 Å². The van der Waals surface area contributed by atoms with Crippen LogP contribution in [0.15, 0.2) is 22.8 Å². The van der Waals surface area contributed by atoms with E-state index in [4.69, 9.17) is 9.15 Å². The summed E-state index contributed by atoms with van der Waals surface area (Å²) in [6.07, 6.45) is 2.80. The van der Waals surface area contributed by atoms with Crippen molar-refractivity contribution in [3.05, 3.63) is 29.8 Å². The van der Waals surface area contributed by atoms with Crippen molar-refractivity contribution in [1.82, 2.24) is 9.55 Å². The van der Waals surface area contributed by atoms with Crippen molar-refractivity contribution in [2.24, 2.45) is 0 Å². The van der Waals surface area contributed by atoms with Crippen molar-refractivity contribution in [2.45, 2.75) is 25.3 Å². The third kappa shape index (κ3) is 2.10. The van der Waals surface area contributed by atoms with E-state index >= 15 is 0 Å². The minimum absolute atomic E-state index is 0.114. The fraction of sp³-hybridized carbons (Fsp3) is 0.357. The minimum atomic E-state index is -1.16. The molecule has 2 aromatic heterocycles. The molecule has 1 aliphatic heterocycles. The summed E-state index contributed by atoms with van der Waals surface area (Å²) in [6.45, 7) is 0.596. The zero-order chi connectivity index (χ0) is 15.0.